The zero-order chi connectivity index (χ0) is 24.1. The van der Waals surface area contributed by atoms with Gasteiger partial charge >= 0.3 is 0 Å². The average Bonchev–Trinajstić information content (AvgIpc) is 2.89. The Kier molecular flexibility index (Phi) is 11.4. The summed E-state index contributed by atoms with van der Waals surface area (Å²) in [7, 11) is 0. The third-order valence-electron chi connectivity index (χ3n) is 7.11. The molecule has 0 unspecified atom stereocenters. The number of rotatable bonds is 15. The Balaban J connectivity index is 1.88. The van der Waals surface area contributed by atoms with E-state index in [0.717, 1.165) is 82.9 Å². The molecule has 2 atom stereocenters. The lowest BCUT2D eigenvalue weighted by atomic mass is 9.73. The van der Waals surface area contributed by atoms with Crippen molar-refractivity contribution in [2.75, 3.05) is 39.5 Å². The number of hydrogen-bond acceptors (Lipinski definition) is 4. The van der Waals surface area contributed by atoms with Crippen LogP contribution < -0.4 is 4.74 Å². The van der Waals surface area contributed by atoms with Crippen molar-refractivity contribution in [1.82, 2.24) is 4.90 Å². The van der Waals surface area contributed by atoms with Gasteiger partial charge in [0.05, 0.1) is 25.4 Å². The van der Waals surface area contributed by atoms with Crippen molar-refractivity contribution in [2.24, 2.45) is 0 Å². The van der Waals surface area contributed by atoms with E-state index in [9.17, 15) is 5.11 Å². The minimum absolute atomic E-state index is 0.00941. The van der Waals surface area contributed by atoms with E-state index in [1.807, 2.05) is 12.1 Å². The molecule has 0 aliphatic carbocycles. The largest absolute Gasteiger partial charge is 0.494 e. The summed E-state index contributed by atoms with van der Waals surface area (Å²) in [4.78, 5) is 2.45. The first kappa shape index (κ1) is 26.7. The molecule has 1 saturated heterocycles. The summed E-state index contributed by atoms with van der Waals surface area (Å²) in [6, 6.07) is 18.8. The molecule has 1 aliphatic rings. The summed E-state index contributed by atoms with van der Waals surface area (Å²) >= 11 is 0. The second kappa shape index (κ2) is 14.5. The monoisotopic (exact) mass is 467 g/mol. The Hall–Kier alpha value is -1.88. The van der Waals surface area contributed by atoms with Crippen LogP contribution in [-0.4, -0.2) is 49.5 Å². The normalized spacial score (nSPS) is 17.3. The second-order valence-corrected chi connectivity index (χ2v) is 9.69. The first-order valence-corrected chi connectivity index (χ1v) is 13.5. The van der Waals surface area contributed by atoms with Gasteiger partial charge in [-0.1, -0.05) is 94.8 Å². The molecule has 188 valence electrons. The molecule has 0 bridgehead atoms. The van der Waals surface area contributed by atoms with Gasteiger partial charge in [0.25, 0.3) is 0 Å². The fourth-order valence-corrected chi connectivity index (χ4v) is 4.95. The Labute approximate surface area is 207 Å². The highest BCUT2D eigenvalue weighted by Crippen LogP contribution is 2.42. The van der Waals surface area contributed by atoms with E-state index in [2.05, 4.69) is 61.2 Å². The van der Waals surface area contributed by atoms with Crippen molar-refractivity contribution in [3.63, 3.8) is 0 Å². The van der Waals surface area contributed by atoms with Crippen molar-refractivity contribution in [3.05, 3.63) is 65.7 Å². The highest BCUT2D eigenvalue weighted by atomic mass is 16.5. The van der Waals surface area contributed by atoms with Crippen LogP contribution in [0, 0.1) is 0 Å². The first-order valence-electron chi connectivity index (χ1n) is 13.5. The molecule has 0 aromatic heterocycles. The van der Waals surface area contributed by atoms with E-state index in [-0.39, 0.29) is 5.92 Å². The Morgan fingerprint density at radius 1 is 0.882 bits per heavy atom. The third kappa shape index (κ3) is 7.83. The van der Waals surface area contributed by atoms with Gasteiger partial charge in [-0.05, 0) is 36.1 Å². The van der Waals surface area contributed by atoms with Crippen LogP contribution in [0.3, 0.4) is 0 Å². The molecule has 0 saturated carbocycles. The molecule has 0 spiro atoms. The number of hydrogen-bond donors (Lipinski definition) is 1. The molecule has 3 rings (SSSR count). The van der Waals surface area contributed by atoms with E-state index in [4.69, 9.17) is 9.47 Å². The summed E-state index contributed by atoms with van der Waals surface area (Å²) in [5.41, 5.74) is 1.26. The summed E-state index contributed by atoms with van der Waals surface area (Å²) in [6.07, 6.45) is 8.85. The molecule has 0 radical (unpaired) electrons. The van der Waals surface area contributed by atoms with Gasteiger partial charge in [0, 0.05) is 25.6 Å². The average molecular weight is 468 g/mol. The van der Waals surface area contributed by atoms with Crippen LogP contribution in [0.4, 0.5) is 0 Å². The lowest BCUT2D eigenvalue weighted by Crippen LogP contribution is -2.45. The molecule has 4 nitrogen and oxygen atoms in total. The van der Waals surface area contributed by atoms with Crippen molar-refractivity contribution >= 4 is 0 Å². The molecule has 34 heavy (non-hydrogen) atoms. The molecule has 0 amide bonds. The molecule has 1 fully saturated rings. The third-order valence-corrected chi connectivity index (χ3v) is 7.11. The van der Waals surface area contributed by atoms with Crippen LogP contribution in [-0.2, 0) is 10.3 Å². The van der Waals surface area contributed by atoms with Crippen LogP contribution in [0.1, 0.15) is 82.3 Å². The van der Waals surface area contributed by atoms with Gasteiger partial charge in [-0.2, -0.15) is 0 Å². The van der Waals surface area contributed by atoms with Crippen molar-refractivity contribution in [1.29, 1.82) is 0 Å². The Bertz CT molecular complexity index is 788. The van der Waals surface area contributed by atoms with E-state index < -0.39 is 5.60 Å². The maximum Gasteiger partial charge on any atom is 0.119 e. The van der Waals surface area contributed by atoms with Gasteiger partial charge in [0.15, 0.2) is 0 Å². The van der Waals surface area contributed by atoms with Gasteiger partial charge < -0.3 is 14.6 Å². The molecular weight excluding hydrogens is 422 g/mol. The number of morpholine rings is 1. The Morgan fingerprint density at radius 3 is 2.24 bits per heavy atom. The van der Waals surface area contributed by atoms with Gasteiger partial charge in [0.2, 0.25) is 0 Å². The maximum atomic E-state index is 12.5. The lowest BCUT2D eigenvalue weighted by Gasteiger charge is -2.41. The minimum atomic E-state index is -0.937. The molecule has 1 N–H and O–H groups in total. The van der Waals surface area contributed by atoms with Crippen molar-refractivity contribution in [2.45, 2.75) is 76.7 Å². The quantitative estimate of drug-likeness (QED) is 0.302. The predicted octanol–water partition coefficient (Wildman–Crippen LogP) is 6.53. The predicted molar refractivity (Wildman–Crippen MR) is 141 cm³/mol. The number of unbranched alkanes of at least 4 members (excludes halogenated alkanes) is 5. The van der Waals surface area contributed by atoms with Crippen molar-refractivity contribution in [3.8, 4) is 5.75 Å². The number of aliphatic hydroxyl groups is 1. The molecule has 2 aromatic rings. The fourth-order valence-electron chi connectivity index (χ4n) is 4.95. The van der Waals surface area contributed by atoms with Gasteiger partial charge in [-0.3, -0.25) is 4.90 Å². The maximum absolute atomic E-state index is 12.5. The highest BCUT2D eigenvalue weighted by Gasteiger charge is 2.40. The summed E-state index contributed by atoms with van der Waals surface area (Å²) < 4.78 is 11.5. The molecule has 1 heterocycles. The lowest BCUT2D eigenvalue weighted by molar-refractivity contribution is -0.0296. The van der Waals surface area contributed by atoms with Crippen LogP contribution >= 0.6 is 0 Å². The smallest absolute Gasteiger partial charge is 0.119 e. The van der Waals surface area contributed by atoms with Gasteiger partial charge in [0.1, 0.15) is 5.75 Å². The van der Waals surface area contributed by atoms with E-state index in [0.29, 0.717) is 0 Å². The molecule has 2 aromatic carbocycles. The summed E-state index contributed by atoms with van der Waals surface area (Å²) in [5.74, 6) is 0.872. The summed E-state index contributed by atoms with van der Waals surface area (Å²) in [6.45, 7) is 9.34. The van der Waals surface area contributed by atoms with Gasteiger partial charge in [-0.15, -0.1) is 0 Å². The van der Waals surface area contributed by atoms with Crippen LogP contribution in [0.2, 0.25) is 0 Å². The van der Waals surface area contributed by atoms with E-state index in [1.54, 1.807) is 0 Å². The summed E-state index contributed by atoms with van der Waals surface area (Å²) in [5, 5.41) is 12.5. The molecule has 4 heteroatoms. The van der Waals surface area contributed by atoms with Gasteiger partial charge in [-0.25, -0.2) is 0 Å². The Morgan fingerprint density at radius 2 is 1.56 bits per heavy atom. The SMILES string of the molecule is CCCCCCC[C@](O)(c1ccc(OCCCC)cc1)[C@H](CN1CCOCC1)c1ccccc1. The standard InChI is InChI=1S/C30H45NO3/c1-3-5-7-8-12-19-30(32,27-15-17-28(18-16-27)34-22-6-4-2)29(26-13-10-9-11-14-26)25-31-20-23-33-24-21-31/h9-11,13-18,29,32H,3-8,12,19-25H2,1-2H3/t29-,30+/m1/s1. The van der Waals surface area contributed by atoms with E-state index >= 15 is 0 Å². The minimum Gasteiger partial charge on any atom is -0.494 e. The van der Waals surface area contributed by atoms with Crippen LogP contribution in [0.15, 0.2) is 54.6 Å². The number of ether oxygens (including phenoxy) is 2. The van der Waals surface area contributed by atoms with Crippen LogP contribution in [0.5, 0.6) is 5.75 Å². The first-order chi connectivity index (χ1) is 16.7. The van der Waals surface area contributed by atoms with Crippen LogP contribution in [0.25, 0.3) is 0 Å². The van der Waals surface area contributed by atoms with E-state index in [1.165, 1.54) is 24.8 Å². The van der Waals surface area contributed by atoms with Crippen molar-refractivity contribution < 1.29 is 14.6 Å². The number of benzene rings is 2. The zero-order valence-corrected chi connectivity index (χ0v) is 21.4. The second-order valence-electron chi connectivity index (χ2n) is 9.69. The molecule has 1 aliphatic heterocycles. The topological polar surface area (TPSA) is 41.9 Å². The molecular formula is C30H45NO3. The fraction of sp³-hybridized carbons (Fsp3) is 0.600. The highest BCUT2D eigenvalue weighted by molar-refractivity contribution is 5.35. The number of nitrogens with zero attached hydrogens (tertiary/aromatic N) is 1. The zero-order valence-electron chi connectivity index (χ0n) is 21.4.